The second-order valence-corrected chi connectivity index (χ2v) is 3.12. The van der Waals surface area contributed by atoms with Gasteiger partial charge in [-0.15, -0.1) is 0 Å². The van der Waals surface area contributed by atoms with E-state index in [-0.39, 0.29) is 11.8 Å². The molecule has 0 saturated heterocycles. The maximum absolute atomic E-state index is 11.4. The summed E-state index contributed by atoms with van der Waals surface area (Å²) in [5.74, 6) is 0.137. The Morgan fingerprint density at radius 1 is 1.67 bits per heavy atom. The fourth-order valence-electron chi connectivity index (χ4n) is 0.997. The van der Waals surface area contributed by atoms with Crippen molar-refractivity contribution in [2.24, 2.45) is 11.7 Å². The predicted octanol–water partition coefficient (Wildman–Crippen LogP) is 1.24. The molecule has 66 valence electrons. The van der Waals surface area contributed by atoms with Crippen molar-refractivity contribution in [2.45, 2.75) is 20.4 Å². The van der Waals surface area contributed by atoms with Gasteiger partial charge in [0.25, 0.3) is 0 Å². The van der Waals surface area contributed by atoms with Crippen LogP contribution in [0.4, 0.5) is 0 Å². The smallest absolute Gasteiger partial charge is 0.233 e. The SMILES string of the molecule is CC(C)C(=O)n1ccc(CN)c1. The molecule has 1 aromatic rings. The Morgan fingerprint density at radius 3 is 2.75 bits per heavy atom. The zero-order valence-electron chi connectivity index (χ0n) is 7.45. The molecular formula is C9H14N2O. The van der Waals surface area contributed by atoms with Gasteiger partial charge in [0.1, 0.15) is 0 Å². The van der Waals surface area contributed by atoms with Gasteiger partial charge in [0.05, 0.1) is 0 Å². The number of hydrogen-bond acceptors (Lipinski definition) is 2. The monoisotopic (exact) mass is 166 g/mol. The predicted molar refractivity (Wildman–Crippen MR) is 47.8 cm³/mol. The second-order valence-electron chi connectivity index (χ2n) is 3.12. The molecule has 0 bridgehead atoms. The summed E-state index contributed by atoms with van der Waals surface area (Å²) >= 11 is 0. The first-order valence-electron chi connectivity index (χ1n) is 4.06. The highest BCUT2D eigenvalue weighted by atomic mass is 16.2. The first kappa shape index (κ1) is 9.00. The number of aromatic nitrogens is 1. The van der Waals surface area contributed by atoms with Crippen molar-refractivity contribution in [1.29, 1.82) is 0 Å². The average Bonchev–Trinajstić information content (AvgIpc) is 2.50. The van der Waals surface area contributed by atoms with E-state index in [1.165, 1.54) is 0 Å². The molecule has 0 saturated carbocycles. The Labute approximate surface area is 72.2 Å². The molecule has 1 rings (SSSR count). The Balaban J connectivity index is 2.82. The summed E-state index contributed by atoms with van der Waals surface area (Å²) in [6.45, 7) is 4.24. The number of hydrogen-bond donors (Lipinski definition) is 1. The molecule has 0 unspecified atom stereocenters. The van der Waals surface area contributed by atoms with Crippen LogP contribution in [0.15, 0.2) is 18.5 Å². The van der Waals surface area contributed by atoms with E-state index in [1.54, 1.807) is 17.0 Å². The van der Waals surface area contributed by atoms with Gasteiger partial charge in [-0.3, -0.25) is 9.36 Å². The fourth-order valence-corrected chi connectivity index (χ4v) is 0.997. The lowest BCUT2D eigenvalue weighted by Gasteiger charge is -2.03. The van der Waals surface area contributed by atoms with Crippen LogP contribution >= 0.6 is 0 Å². The molecule has 0 aromatic carbocycles. The summed E-state index contributed by atoms with van der Waals surface area (Å²) < 4.78 is 1.59. The van der Waals surface area contributed by atoms with Crippen molar-refractivity contribution in [3.05, 3.63) is 24.0 Å². The maximum atomic E-state index is 11.4. The molecule has 3 heteroatoms. The normalized spacial score (nSPS) is 10.7. The topological polar surface area (TPSA) is 48.0 Å². The highest BCUT2D eigenvalue weighted by Gasteiger charge is 2.08. The minimum Gasteiger partial charge on any atom is -0.326 e. The molecule has 0 aliphatic heterocycles. The van der Waals surface area contributed by atoms with Crippen LogP contribution in [-0.4, -0.2) is 10.5 Å². The van der Waals surface area contributed by atoms with Gasteiger partial charge in [-0.1, -0.05) is 13.8 Å². The molecule has 2 N–H and O–H groups in total. The standard InChI is InChI=1S/C9H14N2O/c1-7(2)9(12)11-4-3-8(5-10)6-11/h3-4,6-7H,5,10H2,1-2H3. The molecule has 1 aromatic heterocycles. The van der Waals surface area contributed by atoms with Crippen molar-refractivity contribution < 1.29 is 4.79 Å². The third kappa shape index (κ3) is 1.74. The lowest BCUT2D eigenvalue weighted by Crippen LogP contribution is -2.14. The van der Waals surface area contributed by atoms with E-state index in [2.05, 4.69) is 0 Å². The largest absolute Gasteiger partial charge is 0.326 e. The van der Waals surface area contributed by atoms with Gasteiger partial charge < -0.3 is 5.73 Å². The minimum atomic E-state index is 0.0306. The third-order valence-corrected chi connectivity index (χ3v) is 1.74. The molecular weight excluding hydrogens is 152 g/mol. The van der Waals surface area contributed by atoms with Crippen LogP contribution in [0.2, 0.25) is 0 Å². The number of nitrogens with two attached hydrogens (primary N) is 1. The zero-order valence-corrected chi connectivity index (χ0v) is 7.45. The fraction of sp³-hybridized carbons (Fsp3) is 0.444. The van der Waals surface area contributed by atoms with Crippen LogP contribution < -0.4 is 5.73 Å². The molecule has 0 fully saturated rings. The zero-order chi connectivity index (χ0) is 9.14. The van der Waals surface area contributed by atoms with Crippen molar-refractivity contribution in [3.63, 3.8) is 0 Å². The van der Waals surface area contributed by atoms with Gasteiger partial charge in [0.2, 0.25) is 5.91 Å². The lowest BCUT2D eigenvalue weighted by atomic mass is 10.2. The van der Waals surface area contributed by atoms with Crippen LogP contribution in [0.25, 0.3) is 0 Å². The quantitative estimate of drug-likeness (QED) is 0.718. The lowest BCUT2D eigenvalue weighted by molar-refractivity contribution is 0.0855. The van der Waals surface area contributed by atoms with Crippen molar-refractivity contribution in [1.82, 2.24) is 4.57 Å². The van der Waals surface area contributed by atoms with Crippen molar-refractivity contribution in [3.8, 4) is 0 Å². The molecule has 3 nitrogen and oxygen atoms in total. The minimum absolute atomic E-state index is 0.0306. The highest BCUT2D eigenvalue weighted by molar-refractivity contribution is 5.80. The molecule has 0 radical (unpaired) electrons. The number of nitrogens with zero attached hydrogens (tertiary/aromatic N) is 1. The van der Waals surface area contributed by atoms with Gasteiger partial charge in [-0.25, -0.2) is 0 Å². The van der Waals surface area contributed by atoms with Crippen molar-refractivity contribution >= 4 is 5.91 Å². The van der Waals surface area contributed by atoms with Gasteiger partial charge in [-0.2, -0.15) is 0 Å². The van der Waals surface area contributed by atoms with Gasteiger partial charge in [0, 0.05) is 24.9 Å². The van der Waals surface area contributed by atoms with E-state index in [0.29, 0.717) is 6.54 Å². The van der Waals surface area contributed by atoms with E-state index in [9.17, 15) is 4.79 Å². The van der Waals surface area contributed by atoms with E-state index < -0.39 is 0 Å². The Hall–Kier alpha value is -1.09. The number of rotatable bonds is 2. The van der Waals surface area contributed by atoms with E-state index >= 15 is 0 Å². The van der Waals surface area contributed by atoms with E-state index in [4.69, 9.17) is 5.73 Å². The third-order valence-electron chi connectivity index (χ3n) is 1.74. The number of carbonyl (C=O) groups is 1. The van der Waals surface area contributed by atoms with Crippen LogP contribution in [0, 0.1) is 5.92 Å². The molecule has 12 heavy (non-hydrogen) atoms. The van der Waals surface area contributed by atoms with Gasteiger partial charge in [0.15, 0.2) is 0 Å². The molecule has 0 aliphatic rings. The summed E-state index contributed by atoms with van der Waals surface area (Å²) in [6, 6.07) is 1.86. The average molecular weight is 166 g/mol. The second kappa shape index (κ2) is 3.54. The molecule has 0 atom stereocenters. The Kier molecular flexibility index (Phi) is 2.65. The van der Waals surface area contributed by atoms with Crippen LogP contribution in [0.1, 0.15) is 24.2 Å². The summed E-state index contributed by atoms with van der Waals surface area (Å²) in [7, 11) is 0. The van der Waals surface area contributed by atoms with Crippen molar-refractivity contribution in [2.75, 3.05) is 0 Å². The summed E-state index contributed by atoms with van der Waals surface area (Å²) in [5.41, 5.74) is 6.40. The van der Waals surface area contributed by atoms with Crippen LogP contribution in [-0.2, 0) is 6.54 Å². The maximum Gasteiger partial charge on any atom is 0.233 e. The molecule has 0 spiro atoms. The Bertz CT molecular complexity index is 276. The van der Waals surface area contributed by atoms with Crippen LogP contribution in [0.3, 0.4) is 0 Å². The molecule has 0 aliphatic carbocycles. The van der Waals surface area contributed by atoms with Gasteiger partial charge >= 0.3 is 0 Å². The van der Waals surface area contributed by atoms with Gasteiger partial charge in [-0.05, 0) is 11.6 Å². The van der Waals surface area contributed by atoms with Crippen LogP contribution in [0.5, 0.6) is 0 Å². The summed E-state index contributed by atoms with van der Waals surface area (Å²) in [4.78, 5) is 11.4. The molecule has 1 heterocycles. The Morgan fingerprint density at radius 2 is 2.33 bits per heavy atom. The number of carbonyl (C=O) groups excluding carboxylic acids is 1. The van der Waals surface area contributed by atoms with E-state index in [0.717, 1.165) is 5.56 Å². The summed E-state index contributed by atoms with van der Waals surface area (Å²) in [6.07, 6.45) is 3.53. The highest BCUT2D eigenvalue weighted by Crippen LogP contribution is 2.04. The summed E-state index contributed by atoms with van der Waals surface area (Å²) in [5, 5.41) is 0. The first-order chi connectivity index (χ1) is 5.65. The first-order valence-corrected chi connectivity index (χ1v) is 4.06. The van der Waals surface area contributed by atoms with E-state index in [1.807, 2.05) is 19.9 Å². The molecule has 0 amide bonds.